The van der Waals surface area contributed by atoms with E-state index in [1.54, 1.807) is 24.3 Å². The van der Waals surface area contributed by atoms with Crippen molar-refractivity contribution in [1.82, 2.24) is 15.0 Å². The summed E-state index contributed by atoms with van der Waals surface area (Å²) in [6.07, 6.45) is -0.473. The Kier molecular flexibility index (Phi) is 5.62. The van der Waals surface area contributed by atoms with Gasteiger partial charge in [-0.3, -0.25) is 4.79 Å². The second kappa shape index (κ2) is 7.67. The van der Waals surface area contributed by atoms with Crippen LogP contribution in [0.5, 0.6) is 0 Å². The van der Waals surface area contributed by atoms with Crippen molar-refractivity contribution in [3.05, 3.63) is 41.6 Å². The van der Waals surface area contributed by atoms with Gasteiger partial charge in [-0.05, 0) is 13.8 Å². The molecule has 2 N–H and O–H groups in total. The van der Waals surface area contributed by atoms with Crippen LogP contribution in [-0.2, 0) is 16.0 Å². The maximum Gasteiger partial charge on any atom is 0.217 e. The van der Waals surface area contributed by atoms with Crippen molar-refractivity contribution < 1.29 is 14.3 Å². The van der Waals surface area contributed by atoms with Crippen LogP contribution >= 0.6 is 0 Å². The zero-order valence-corrected chi connectivity index (χ0v) is 12.7. The Labute approximate surface area is 129 Å². The van der Waals surface area contributed by atoms with Crippen LogP contribution in [0.2, 0.25) is 0 Å². The van der Waals surface area contributed by atoms with E-state index >= 15 is 0 Å². The molecule has 0 fully saturated rings. The Morgan fingerprint density at radius 3 is 2.45 bits per heavy atom. The number of hydrogen-bond acceptors (Lipinski definition) is 6. The second-order valence-electron chi connectivity index (χ2n) is 4.54. The topological polar surface area (TPSA) is 92.3 Å². The minimum atomic E-state index is -0.473. The molecule has 1 aromatic carbocycles. The summed E-state index contributed by atoms with van der Waals surface area (Å²) in [5.41, 5.74) is 6.65. The van der Waals surface area contributed by atoms with Gasteiger partial charge in [0.2, 0.25) is 5.78 Å². The molecule has 0 spiro atoms. The molecule has 118 valence electrons. The summed E-state index contributed by atoms with van der Waals surface area (Å²) < 4.78 is 12.3. The van der Waals surface area contributed by atoms with E-state index < -0.39 is 6.29 Å². The summed E-state index contributed by atoms with van der Waals surface area (Å²) in [7, 11) is 0. The average Bonchev–Trinajstić information content (AvgIpc) is 2.89. The highest BCUT2D eigenvalue weighted by Gasteiger charge is 2.21. The highest BCUT2D eigenvalue weighted by atomic mass is 16.7. The number of anilines is 1. The molecule has 0 aliphatic heterocycles. The fraction of sp³-hybridized carbons (Fsp3) is 0.400. The number of aromatic nitrogens is 3. The molecule has 0 amide bonds. The standard InChI is InChI=1S/C15H20N4O3/c1-3-21-12(22-4-2)10-19-15(16)13(17-18-19)14(20)11-8-6-5-7-9-11/h5-9,12H,3-4,10,16H2,1-2H3. The number of ether oxygens (including phenoxy) is 2. The highest BCUT2D eigenvalue weighted by molar-refractivity contribution is 6.10. The number of carbonyl (C=O) groups excluding carboxylic acids is 1. The molecule has 0 aliphatic rings. The van der Waals surface area contributed by atoms with E-state index in [-0.39, 0.29) is 23.8 Å². The van der Waals surface area contributed by atoms with E-state index in [4.69, 9.17) is 15.2 Å². The fourth-order valence-corrected chi connectivity index (χ4v) is 2.01. The monoisotopic (exact) mass is 304 g/mol. The fourth-order valence-electron chi connectivity index (χ4n) is 2.01. The summed E-state index contributed by atoms with van der Waals surface area (Å²) in [4.78, 5) is 12.4. The average molecular weight is 304 g/mol. The Hall–Kier alpha value is -2.25. The Bertz CT molecular complexity index is 607. The van der Waals surface area contributed by atoms with E-state index in [1.165, 1.54) is 4.68 Å². The lowest BCUT2D eigenvalue weighted by Crippen LogP contribution is -2.25. The van der Waals surface area contributed by atoms with E-state index in [1.807, 2.05) is 19.9 Å². The van der Waals surface area contributed by atoms with Gasteiger partial charge < -0.3 is 15.2 Å². The van der Waals surface area contributed by atoms with Crippen LogP contribution in [0.3, 0.4) is 0 Å². The molecule has 1 aromatic heterocycles. The second-order valence-corrected chi connectivity index (χ2v) is 4.54. The smallest absolute Gasteiger partial charge is 0.217 e. The SMILES string of the molecule is CCOC(Cn1nnc(C(=O)c2ccccc2)c1N)OCC. The van der Waals surface area contributed by atoms with E-state index in [9.17, 15) is 4.79 Å². The minimum absolute atomic E-state index is 0.137. The van der Waals surface area contributed by atoms with Gasteiger partial charge in [0.15, 0.2) is 17.8 Å². The molecular formula is C15H20N4O3. The van der Waals surface area contributed by atoms with Crippen LogP contribution in [0.1, 0.15) is 29.9 Å². The molecule has 0 unspecified atom stereocenters. The number of carbonyl (C=O) groups is 1. The van der Waals surface area contributed by atoms with Gasteiger partial charge in [-0.25, -0.2) is 4.68 Å². The molecular weight excluding hydrogens is 284 g/mol. The van der Waals surface area contributed by atoms with Crippen molar-refractivity contribution in [3.63, 3.8) is 0 Å². The maximum absolute atomic E-state index is 12.4. The third-order valence-electron chi connectivity index (χ3n) is 3.05. The number of nitrogens with zero attached hydrogens (tertiary/aromatic N) is 3. The number of hydrogen-bond donors (Lipinski definition) is 1. The lowest BCUT2D eigenvalue weighted by molar-refractivity contribution is -0.144. The molecule has 2 rings (SSSR count). The predicted octanol–water partition coefficient (Wildman–Crippen LogP) is 1.49. The maximum atomic E-state index is 12.4. The molecule has 1 heterocycles. The van der Waals surface area contributed by atoms with Crippen molar-refractivity contribution in [2.45, 2.75) is 26.7 Å². The van der Waals surface area contributed by atoms with Gasteiger partial charge in [0.1, 0.15) is 0 Å². The van der Waals surface area contributed by atoms with Gasteiger partial charge in [-0.15, -0.1) is 5.10 Å². The molecule has 7 heteroatoms. The van der Waals surface area contributed by atoms with Gasteiger partial charge >= 0.3 is 0 Å². The van der Waals surface area contributed by atoms with Crippen LogP contribution < -0.4 is 5.73 Å². The van der Waals surface area contributed by atoms with Crippen LogP contribution in [0.15, 0.2) is 30.3 Å². The summed E-state index contributed by atoms with van der Waals surface area (Å²) in [5.74, 6) is -0.0491. The lowest BCUT2D eigenvalue weighted by atomic mass is 10.1. The minimum Gasteiger partial charge on any atom is -0.382 e. The normalized spacial score (nSPS) is 11.0. The molecule has 22 heavy (non-hydrogen) atoms. The van der Waals surface area contributed by atoms with Crippen LogP contribution in [-0.4, -0.2) is 40.3 Å². The summed E-state index contributed by atoms with van der Waals surface area (Å²) in [5, 5.41) is 7.82. The highest BCUT2D eigenvalue weighted by Crippen LogP contribution is 2.15. The molecule has 0 saturated heterocycles. The number of nitrogen functional groups attached to an aromatic ring is 1. The number of ketones is 1. The third kappa shape index (κ3) is 3.69. The first-order valence-corrected chi connectivity index (χ1v) is 7.19. The Morgan fingerprint density at radius 1 is 1.23 bits per heavy atom. The molecule has 0 saturated carbocycles. The van der Waals surface area contributed by atoms with Gasteiger partial charge in [-0.2, -0.15) is 0 Å². The molecule has 7 nitrogen and oxygen atoms in total. The summed E-state index contributed by atoms with van der Waals surface area (Å²) >= 11 is 0. The first-order valence-electron chi connectivity index (χ1n) is 7.19. The van der Waals surface area contributed by atoms with Crippen molar-refractivity contribution in [2.24, 2.45) is 0 Å². The largest absolute Gasteiger partial charge is 0.382 e. The van der Waals surface area contributed by atoms with Crippen LogP contribution in [0, 0.1) is 0 Å². The number of benzene rings is 1. The quantitative estimate of drug-likeness (QED) is 0.587. The van der Waals surface area contributed by atoms with E-state index in [0.717, 1.165) is 0 Å². The summed E-state index contributed by atoms with van der Waals surface area (Å²) in [6, 6.07) is 8.84. The molecule has 0 bridgehead atoms. The van der Waals surface area contributed by atoms with Crippen molar-refractivity contribution >= 4 is 11.6 Å². The van der Waals surface area contributed by atoms with Crippen molar-refractivity contribution in [1.29, 1.82) is 0 Å². The Balaban J connectivity index is 2.17. The van der Waals surface area contributed by atoms with Crippen LogP contribution in [0.4, 0.5) is 5.82 Å². The van der Waals surface area contributed by atoms with Crippen molar-refractivity contribution in [3.8, 4) is 0 Å². The molecule has 0 radical (unpaired) electrons. The molecule has 0 aliphatic carbocycles. The first-order chi connectivity index (χ1) is 10.7. The summed E-state index contributed by atoms with van der Waals surface area (Å²) in [6.45, 7) is 5.05. The van der Waals surface area contributed by atoms with E-state index in [0.29, 0.717) is 18.8 Å². The number of rotatable bonds is 8. The molecule has 2 aromatic rings. The van der Waals surface area contributed by atoms with E-state index in [2.05, 4.69) is 10.3 Å². The van der Waals surface area contributed by atoms with Gasteiger partial charge in [-0.1, -0.05) is 35.5 Å². The lowest BCUT2D eigenvalue weighted by Gasteiger charge is -2.16. The van der Waals surface area contributed by atoms with Gasteiger partial charge in [0.25, 0.3) is 0 Å². The van der Waals surface area contributed by atoms with Crippen LogP contribution in [0.25, 0.3) is 0 Å². The third-order valence-corrected chi connectivity index (χ3v) is 3.05. The van der Waals surface area contributed by atoms with Gasteiger partial charge in [0.05, 0.1) is 6.54 Å². The zero-order chi connectivity index (χ0) is 15.9. The van der Waals surface area contributed by atoms with Gasteiger partial charge in [0, 0.05) is 18.8 Å². The first kappa shape index (κ1) is 16.1. The van der Waals surface area contributed by atoms with Crippen molar-refractivity contribution in [2.75, 3.05) is 18.9 Å². The molecule has 0 atom stereocenters. The Morgan fingerprint density at radius 2 is 1.86 bits per heavy atom. The zero-order valence-electron chi connectivity index (χ0n) is 12.7. The predicted molar refractivity (Wildman–Crippen MR) is 81.3 cm³/mol. The number of nitrogens with two attached hydrogens (primary N) is 1.